The van der Waals surface area contributed by atoms with E-state index in [0.29, 0.717) is 26.2 Å². The maximum atomic E-state index is 13.4. The zero-order valence-electron chi connectivity index (χ0n) is 15.7. The average Bonchev–Trinajstić information content (AvgIpc) is 2.68. The molecule has 1 heterocycles. The van der Waals surface area contributed by atoms with Gasteiger partial charge in [0.1, 0.15) is 6.04 Å². The third kappa shape index (κ3) is 4.83. The molecule has 2 fully saturated rings. The summed E-state index contributed by atoms with van der Waals surface area (Å²) in [6.45, 7) is 2.04. The van der Waals surface area contributed by atoms with Gasteiger partial charge in [-0.05, 0) is 18.4 Å². The number of likely N-dealkylation sites (N-methyl/N-ethyl adjacent to an activating group) is 1. The third-order valence-corrected chi connectivity index (χ3v) is 5.65. The van der Waals surface area contributed by atoms with Gasteiger partial charge in [-0.2, -0.15) is 0 Å². The predicted molar refractivity (Wildman–Crippen MR) is 98.2 cm³/mol. The molecule has 0 aromatic heterocycles. The van der Waals surface area contributed by atoms with E-state index in [1.165, 1.54) is 0 Å². The number of rotatable bonds is 4. The standard InChI is InChI=1S/C20H27F2N3O2/c1-23-18(26)17-14-25(19(27)16-7-9-20(21,22)10-8-16)12-11-24(17)13-15-5-3-2-4-6-15/h2-6,16-17H,7-14H2,1H3,(H,23,26)/t17-/m0/s1. The van der Waals surface area contributed by atoms with Crippen LogP contribution < -0.4 is 5.32 Å². The molecule has 0 radical (unpaired) electrons. The Hall–Kier alpha value is -2.02. The summed E-state index contributed by atoms with van der Waals surface area (Å²) in [5.41, 5.74) is 1.11. The number of alkyl halides is 2. The second-order valence-corrected chi connectivity index (χ2v) is 7.50. The number of nitrogens with one attached hydrogen (secondary N) is 1. The number of halogens is 2. The maximum Gasteiger partial charge on any atom is 0.248 e. The monoisotopic (exact) mass is 379 g/mol. The molecule has 148 valence electrons. The second kappa shape index (κ2) is 8.33. The summed E-state index contributed by atoms with van der Waals surface area (Å²) in [6, 6.07) is 9.47. The van der Waals surface area contributed by atoms with Crippen LogP contribution in [0.15, 0.2) is 30.3 Å². The number of carbonyl (C=O) groups is 2. The molecule has 7 heteroatoms. The van der Waals surface area contributed by atoms with Crippen LogP contribution in [0.5, 0.6) is 0 Å². The van der Waals surface area contributed by atoms with Crippen LogP contribution >= 0.6 is 0 Å². The van der Waals surface area contributed by atoms with Gasteiger partial charge in [0, 0.05) is 52.0 Å². The molecule has 1 saturated carbocycles. The van der Waals surface area contributed by atoms with Crippen LogP contribution in [0.2, 0.25) is 0 Å². The van der Waals surface area contributed by atoms with Gasteiger partial charge in [-0.1, -0.05) is 30.3 Å². The fraction of sp³-hybridized carbons (Fsp3) is 0.600. The lowest BCUT2D eigenvalue weighted by Crippen LogP contribution is -2.60. The Labute approximate surface area is 158 Å². The van der Waals surface area contributed by atoms with Crippen molar-refractivity contribution in [2.45, 2.75) is 44.2 Å². The lowest BCUT2D eigenvalue weighted by Gasteiger charge is -2.42. The Morgan fingerprint density at radius 1 is 1.15 bits per heavy atom. The number of nitrogens with zero attached hydrogens (tertiary/aromatic N) is 2. The van der Waals surface area contributed by atoms with Crippen molar-refractivity contribution in [3.05, 3.63) is 35.9 Å². The highest BCUT2D eigenvalue weighted by atomic mass is 19.3. The number of amides is 2. The van der Waals surface area contributed by atoms with E-state index in [9.17, 15) is 18.4 Å². The van der Waals surface area contributed by atoms with E-state index >= 15 is 0 Å². The topological polar surface area (TPSA) is 52.7 Å². The fourth-order valence-corrected chi connectivity index (χ4v) is 3.99. The smallest absolute Gasteiger partial charge is 0.248 e. The Balaban J connectivity index is 1.65. The highest BCUT2D eigenvalue weighted by molar-refractivity contribution is 5.84. The number of hydrogen-bond acceptors (Lipinski definition) is 3. The molecule has 0 spiro atoms. The molecule has 1 atom stereocenters. The molecule has 1 aromatic carbocycles. The summed E-state index contributed by atoms with van der Waals surface area (Å²) in [7, 11) is 1.59. The van der Waals surface area contributed by atoms with Gasteiger partial charge in [-0.25, -0.2) is 8.78 Å². The number of carbonyl (C=O) groups excluding carboxylic acids is 2. The summed E-state index contributed by atoms with van der Waals surface area (Å²) in [5, 5.41) is 2.68. The summed E-state index contributed by atoms with van der Waals surface area (Å²) >= 11 is 0. The van der Waals surface area contributed by atoms with Crippen molar-refractivity contribution in [1.29, 1.82) is 0 Å². The normalized spacial score (nSPS) is 23.8. The van der Waals surface area contributed by atoms with E-state index in [4.69, 9.17) is 0 Å². The number of benzene rings is 1. The van der Waals surface area contributed by atoms with Crippen molar-refractivity contribution in [2.24, 2.45) is 5.92 Å². The number of piperazine rings is 1. The number of hydrogen-bond donors (Lipinski definition) is 1. The largest absolute Gasteiger partial charge is 0.358 e. The molecule has 1 saturated heterocycles. The summed E-state index contributed by atoms with van der Waals surface area (Å²) in [4.78, 5) is 29.0. The third-order valence-electron chi connectivity index (χ3n) is 5.65. The molecule has 1 N–H and O–H groups in total. The van der Waals surface area contributed by atoms with Crippen LogP contribution in [-0.4, -0.2) is 60.3 Å². The van der Waals surface area contributed by atoms with E-state index in [1.807, 2.05) is 30.3 Å². The molecule has 1 aliphatic heterocycles. The molecule has 0 bridgehead atoms. The van der Waals surface area contributed by atoms with E-state index in [0.717, 1.165) is 5.56 Å². The first-order chi connectivity index (χ1) is 12.9. The summed E-state index contributed by atoms with van der Waals surface area (Å²) < 4.78 is 26.7. The molecule has 3 rings (SSSR count). The first kappa shape index (κ1) is 19.7. The lowest BCUT2D eigenvalue weighted by molar-refractivity contribution is -0.144. The Kier molecular flexibility index (Phi) is 6.09. The molecule has 27 heavy (non-hydrogen) atoms. The minimum atomic E-state index is -2.64. The van der Waals surface area contributed by atoms with Crippen LogP contribution in [0, 0.1) is 5.92 Å². The van der Waals surface area contributed by atoms with Crippen molar-refractivity contribution >= 4 is 11.8 Å². The molecular weight excluding hydrogens is 352 g/mol. The van der Waals surface area contributed by atoms with E-state index < -0.39 is 12.0 Å². The van der Waals surface area contributed by atoms with Crippen molar-refractivity contribution in [3.8, 4) is 0 Å². The van der Waals surface area contributed by atoms with Crippen molar-refractivity contribution < 1.29 is 18.4 Å². The summed E-state index contributed by atoms with van der Waals surface area (Å²) in [5.74, 6) is -3.21. The maximum absolute atomic E-state index is 13.4. The highest BCUT2D eigenvalue weighted by Gasteiger charge is 2.41. The SMILES string of the molecule is CNC(=O)[C@@H]1CN(C(=O)C2CCC(F)(F)CC2)CCN1Cc1ccccc1. The van der Waals surface area contributed by atoms with E-state index in [1.54, 1.807) is 11.9 Å². The van der Waals surface area contributed by atoms with Crippen molar-refractivity contribution in [3.63, 3.8) is 0 Å². The molecule has 5 nitrogen and oxygen atoms in total. The average molecular weight is 379 g/mol. The van der Waals surface area contributed by atoms with Gasteiger partial charge in [0.15, 0.2) is 0 Å². The van der Waals surface area contributed by atoms with Crippen LogP contribution in [0.1, 0.15) is 31.2 Å². The molecule has 0 unspecified atom stereocenters. The first-order valence-electron chi connectivity index (χ1n) is 9.56. The quantitative estimate of drug-likeness (QED) is 0.873. The fourth-order valence-electron chi connectivity index (χ4n) is 3.99. The van der Waals surface area contributed by atoms with Gasteiger partial charge >= 0.3 is 0 Å². The van der Waals surface area contributed by atoms with Crippen LogP contribution in [0.4, 0.5) is 8.78 Å². The minimum absolute atomic E-state index is 0.0845. The Morgan fingerprint density at radius 2 is 1.81 bits per heavy atom. The van der Waals surface area contributed by atoms with Crippen LogP contribution in [-0.2, 0) is 16.1 Å². The van der Waals surface area contributed by atoms with Gasteiger partial charge in [0.25, 0.3) is 0 Å². The second-order valence-electron chi connectivity index (χ2n) is 7.50. The molecule has 1 aromatic rings. The first-order valence-corrected chi connectivity index (χ1v) is 9.56. The summed E-state index contributed by atoms with van der Waals surface area (Å²) in [6.07, 6.45) is -0.00604. The molecule has 2 aliphatic rings. The predicted octanol–water partition coefficient (Wildman–Crippen LogP) is 2.27. The Bertz CT molecular complexity index is 658. The zero-order valence-corrected chi connectivity index (χ0v) is 15.7. The van der Waals surface area contributed by atoms with Crippen molar-refractivity contribution in [1.82, 2.24) is 15.1 Å². The lowest BCUT2D eigenvalue weighted by atomic mass is 9.85. The van der Waals surface area contributed by atoms with Gasteiger partial charge in [-0.3, -0.25) is 14.5 Å². The molecule has 1 aliphatic carbocycles. The van der Waals surface area contributed by atoms with Gasteiger partial charge in [0.05, 0.1) is 0 Å². The van der Waals surface area contributed by atoms with Crippen LogP contribution in [0.3, 0.4) is 0 Å². The van der Waals surface area contributed by atoms with Gasteiger partial charge in [-0.15, -0.1) is 0 Å². The zero-order chi connectivity index (χ0) is 19.4. The Morgan fingerprint density at radius 3 is 2.44 bits per heavy atom. The molecule has 2 amide bonds. The van der Waals surface area contributed by atoms with Gasteiger partial charge in [0.2, 0.25) is 17.7 Å². The van der Waals surface area contributed by atoms with Crippen molar-refractivity contribution in [2.75, 3.05) is 26.7 Å². The van der Waals surface area contributed by atoms with E-state index in [2.05, 4.69) is 10.2 Å². The van der Waals surface area contributed by atoms with Gasteiger partial charge < -0.3 is 10.2 Å². The minimum Gasteiger partial charge on any atom is -0.358 e. The highest BCUT2D eigenvalue weighted by Crippen LogP contribution is 2.37. The van der Waals surface area contributed by atoms with Crippen LogP contribution in [0.25, 0.3) is 0 Å². The molecular formula is C20H27F2N3O2. The van der Waals surface area contributed by atoms with E-state index in [-0.39, 0.29) is 43.4 Å².